The van der Waals surface area contributed by atoms with Gasteiger partial charge < -0.3 is 10.2 Å². The predicted octanol–water partition coefficient (Wildman–Crippen LogP) is 5.40. The van der Waals surface area contributed by atoms with Gasteiger partial charge in [0.05, 0.1) is 10.6 Å². The van der Waals surface area contributed by atoms with Crippen molar-refractivity contribution in [3.8, 4) is 0 Å². The summed E-state index contributed by atoms with van der Waals surface area (Å²) in [5, 5.41) is 3.62. The number of nitrogens with one attached hydrogen (secondary N) is 1. The van der Waals surface area contributed by atoms with Crippen molar-refractivity contribution >= 4 is 62.3 Å². The molecule has 3 aromatic carbocycles. The summed E-state index contributed by atoms with van der Waals surface area (Å²) in [5.41, 5.74) is 0.768. The van der Waals surface area contributed by atoms with Crippen LogP contribution < -0.4 is 9.62 Å². The maximum atomic E-state index is 13.8. The molecule has 0 saturated carbocycles. The van der Waals surface area contributed by atoms with Crippen molar-refractivity contribution in [2.75, 3.05) is 17.9 Å². The van der Waals surface area contributed by atoms with E-state index in [1.165, 1.54) is 30.1 Å². The molecular weight excluding hydrogens is 557 g/mol. The molecule has 0 radical (unpaired) electrons. The van der Waals surface area contributed by atoms with Crippen molar-refractivity contribution in [2.45, 2.75) is 30.8 Å². The number of anilines is 1. The van der Waals surface area contributed by atoms with Gasteiger partial charge in [0.1, 0.15) is 12.6 Å². The van der Waals surface area contributed by atoms with Crippen LogP contribution in [-0.4, -0.2) is 44.8 Å². The van der Waals surface area contributed by atoms with Crippen LogP contribution in [0.25, 0.3) is 0 Å². The third-order valence-electron chi connectivity index (χ3n) is 5.69. The molecule has 1 unspecified atom stereocenters. The highest BCUT2D eigenvalue weighted by atomic mass is 35.5. The molecule has 1 N–H and O–H groups in total. The standard InChI is InChI=1S/C26H26Cl3N3O4S/c1-3-24(26(34)30-2)31(16-18-12-13-20(28)15-23(18)29)25(33)17-32(21-9-7-8-19(27)14-21)37(35,36)22-10-5-4-6-11-22/h4-15,24H,3,16-17H2,1-2H3,(H,30,34). The van der Waals surface area contributed by atoms with Crippen LogP contribution in [0.1, 0.15) is 18.9 Å². The van der Waals surface area contributed by atoms with Crippen LogP contribution in [0.4, 0.5) is 5.69 Å². The number of amides is 2. The summed E-state index contributed by atoms with van der Waals surface area (Å²) in [6.45, 7) is 1.16. The molecule has 11 heteroatoms. The van der Waals surface area contributed by atoms with Crippen LogP contribution >= 0.6 is 34.8 Å². The van der Waals surface area contributed by atoms with E-state index < -0.39 is 28.5 Å². The summed E-state index contributed by atoms with van der Waals surface area (Å²) in [7, 11) is -2.69. The number of hydrogen-bond acceptors (Lipinski definition) is 4. The summed E-state index contributed by atoms with van der Waals surface area (Å²) < 4.78 is 28.3. The van der Waals surface area contributed by atoms with Crippen LogP contribution in [0.2, 0.25) is 15.1 Å². The maximum absolute atomic E-state index is 13.8. The zero-order valence-electron chi connectivity index (χ0n) is 20.2. The summed E-state index contributed by atoms with van der Waals surface area (Å²) in [6, 6.07) is 18.0. The summed E-state index contributed by atoms with van der Waals surface area (Å²) in [4.78, 5) is 27.9. The van der Waals surface area contributed by atoms with Gasteiger partial charge in [0.25, 0.3) is 10.0 Å². The van der Waals surface area contributed by atoms with E-state index in [4.69, 9.17) is 34.8 Å². The van der Waals surface area contributed by atoms with Crippen molar-refractivity contribution in [1.82, 2.24) is 10.2 Å². The van der Waals surface area contributed by atoms with Gasteiger partial charge in [-0.1, -0.05) is 72.1 Å². The highest BCUT2D eigenvalue weighted by Crippen LogP contribution is 2.28. The molecule has 0 spiro atoms. The van der Waals surface area contributed by atoms with Gasteiger partial charge in [-0.05, 0) is 54.4 Å². The number of rotatable bonds is 10. The fraction of sp³-hybridized carbons (Fsp3) is 0.231. The quantitative estimate of drug-likeness (QED) is 0.347. The topological polar surface area (TPSA) is 86.8 Å². The van der Waals surface area contributed by atoms with Crippen LogP contribution in [-0.2, 0) is 26.2 Å². The van der Waals surface area contributed by atoms with E-state index in [1.54, 1.807) is 61.5 Å². The van der Waals surface area contributed by atoms with Gasteiger partial charge in [0, 0.05) is 28.7 Å². The van der Waals surface area contributed by atoms with Gasteiger partial charge in [-0.25, -0.2) is 8.42 Å². The second-order valence-electron chi connectivity index (χ2n) is 8.10. The molecule has 196 valence electrons. The van der Waals surface area contributed by atoms with E-state index in [2.05, 4.69) is 5.32 Å². The van der Waals surface area contributed by atoms with Crippen molar-refractivity contribution in [3.05, 3.63) is 93.4 Å². The monoisotopic (exact) mass is 581 g/mol. The lowest BCUT2D eigenvalue weighted by Crippen LogP contribution is -2.51. The van der Waals surface area contributed by atoms with Gasteiger partial charge in [0.2, 0.25) is 11.8 Å². The van der Waals surface area contributed by atoms with Gasteiger partial charge in [-0.2, -0.15) is 0 Å². The Kier molecular flexibility index (Phi) is 9.84. The number of hydrogen-bond donors (Lipinski definition) is 1. The summed E-state index contributed by atoms with van der Waals surface area (Å²) in [5.74, 6) is -0.984. The molecule has 2 amide bonds. The fourth-order valence-electron chi connectivity index (χ4n) is 3.80. The Balaban J connectivity index is 2.07. The zero-order valence-corrected chi connectivity index (χ0v) is 23.3. The van der Waals surface area contributed by atoms with Gasteiger partial charge in [-0.15, -0.1) is 0 Å². The Bertz CT molecular complexity index is 1370. The highest BCUT2D eigenvalue weighted by molar-refractivity contribution is 7.92. The average Bonchev–Trinajstić information content (AvgIpc) is 2.88. The SMILES string of the molecule is CCC(C(=O)NC)N(Cc1ccc(Cl)cc1Cl)C(=O)CN(c1cccc(Cl)c1)S(=O)(=O)c1ccccc1. The van der Waals surface area contributed by atoms with E-state index in [0.29, 0.717) is 27.1 Å². The molecular formula is C26H26Cl3N3O4S. The first kappa shape index (κ1) is 28.8. The second-order valence-corrected chi connectivity index (χ2v) is 11.2. The Labute approximate surface area is 232 Å². The molecule has 0 fully saturated rings. The molecule has 0 aliphatic carbocycles. The largest absolute Gasteiger partial charge is 0.357 e. The smallest absolute Gasteiger partial charge is 0.264 e. The minimum Gasteiger partial charge on any atom is -0.357 e. The van der Waals surface area contributed by atoms with Crippen molar-refractivity contribution in [1.29, 1.82) is 0 Å². The van der Waals surface area contributed by atoms with E-state index in [0.717, 1.165) is 4.31 Å². The number of halogens is 3. The Morgan fingerprint density at radius 2 is 1.59 bits per heavy atom. The highest BCUT2D eigenvalue weighted by Gasteiger charge is 2.33. The maximum Gasteiger partial charge on any atom is 0.264 e. The molecule has 0 aromatic heterocycles. The number of carbonyl (C=O) groups excluding carboxylic acids is 2. The lowest BCUT2D eigenvalue weighted by Gasteiger charge is -2.33. The lowest BCUT2D eigenvalue weighted by molar-refractivity contribution is -0.140. The van der Waals surface area contributed by atoms with E-state index >= 15 is 0 Å². The third kappa shape index (κ3) is 6.96. The van der Waals surface area contributed by atoms with Crippen LogP contribution in [0.3, 0.4) is 0 Å². The molecule has 0 bridgehead atoms. The minimum absolute atomic E-state index is 0.00779. The third-order valence-corrected chi connectivity index (χ3v) is 8.30. The number of likely N-dealkylation sites (N-methyl/N-ethyl adjacent to an activating group) is 1. The predicted molar refractivity (Wildman–Crippen MR) is 148 cm³/mol. The van der Waals surface area contributed by atoms with Gasteiger partial charge >= 0.3 is 0 Å². The molecule has 0 aliphatic rings. The number of sulfonamides is 1. The Hall–Kier alpha value is -2.78. The lowest BCUT2D eigenvalue weighted by atomic mass is 10.1. The van der Waals surface area contributed by atoms with E-state index in [-0.39, 0.29) is 23.0 Å². The number of nitrogens with zero attached hydrogens (tertiary/aromatic N) is 2. The second kappa shape index (κ2) is 12.6. The average molecular weight is 583 g/mol. The Morgan fingerprint density at radius 3 is 2.19 bits per heavy atom. The first-order valence-corrected chi connectivity index (χ1v) is 13.9. The number of carbonyl (C=O) groups is 2. The molecule has 0 saturated heterocycles. The Morgan fingerprint density at radius 1 is 0.919 bits per heavy atom. The van der Waals surface area contributed by atoms with Crippen LogP contribution in [0.15, 0.2) is 77.7 Å². The van der Waals surface area contributed by atoms with E-state index in [9.17, 15) is 18.0 Å². The molecule has 7 nitrogen and oxygen atoms in total. The van der Waals surface area contributed by atoms with Crippen LogP contribution in [0, 0.1) is 0 Å². The zero-order chi connectivity index (χ0) is 27.2. The van der Waals surface area contributed by atoms with Gasteiger partial charge in [0.15, 0.2) is 0 Å². The minimum atomic E-state index is -4.16. The molecule has 1 atom stereocenters. The summed E-state index contributed by atoms with van der Waals surface area (Å²) in [6.07, 6.45) is 0.291. The first-order chi connectivity index (χ1) is 17.6. The molecule has 0 heterocycles. The van der Waals surface area contributed by atoms with Gasteiger partial charge in [-0.3, -0.25) is 13.9 Å². The van der Waals surface area contributed by atoms with Crippen molar-refractivity contribution in [2.24, 2.45) is 0 Å². The van der Waals surface area contributed by atoms with Crippen molar-refractivity contribution in [3.63, 3.8) is 0 Å². The van der Waals surface area contributed by atoms with E-state index in [1.807, 2.05) is 0 Å². The molecule has 37 heavy (non-hydrogen) atoms. The first-order valence-electron chi connectivity index (χ1n) is 11.4. The molecule has 3 rings (SSSR count). The fourth-order valence-corrected chi connectivity index (χ4v) is 5.88. The van der Waals surface area contributed by atoms with Crippen molar-refractivity contribution < 1.29 is 18.0 Å². The normalized spacial score (nSPS) is 12.0. The molecule has 3 aromatic rings. The molecule has 0 aliphatic heterocycles. The summed E-state index contributed by atoms with van der Waals surface area (Å²) >= 11 is 18.6. The van der Waals surface area contributed by atoms with Crippen LogP contribution in [0.5, 0.6) is 0 Å². The number of benzene rings is 3.